The van der Waals surface area contributed by atoms with Gasteiger partial charge in [0.15, 0.2) is 0 Å². The molecule has 0 saturated heterocycles. The molecule has 2 bridgehead atoms. The molecule has 5 nitrogen and oxygen atoms in total. The average Bonchev–Trinajstić information content (AvgIpc) is 3.35. The van der Waals surface area contributed by atoms with Crippen molar-refractivity contribution in [3.05, 3.63) is 60.2 Å². The highest BCUT2D eigenvalue weighted by Crippen LogP contribution is 2.44. The van der Waals surface area contributed by atoms with Gasteiger partial charge in [0, 0.05) is 6.04 Å². The number of carbonyl (C=O) groups excluding carboxylic acids is 1. The van der Waals surface area contributed by atoms with Gasteiger partial charge in [0.1, 0.15) is 6.54 Å². The normalized spacial score (nSPS) is 23.0. The molecule has 2 saturated carbocycles. The topological polar surface area (TPSA) is 66.5 Å². The van der Waals surface area contributed by atoms with Crippen molar-refractivity contribution in [3.8, 4) is 0 Å². The number of alkyl halides is 3. The summed E-state index contributed by atoms with van der Waals surface area (Å²) < 4.78 is 66.9. The molecule has 3 atom stereocenters. The molecule has 2 aliphatic rings. The standard InChI is InChI=1S/C22H23F3N2O3S/c23-22(24,25)17-5-4-6-18(13-17)27(31(29,30)19-7-2-1-3-8-19)14-21(28)26-20-12-15-9-10-16(20)11-15/h1-8,13,15-16,20H,9-12,14H2,(H,26,28)/t15-,16-,20-/m1/s1. The van der Waals surface area contributed by atoms with Crippen molar-refractivity contribution in [3.63, 3.8) is 0 Å². The van der Waals surface area contributed by atoms with Gasteiger partial charge in [-0.2, -0.15) is 13.2 Å². The number of amides is 1. The van der Waals surface area contributed by atoms with Crippen LogP contribution in [0.3, 0.4) is 0 Å². The number of rotatable bonds is 6. The number of fused-ring (bicyclic) bond motifs is 2. The van der Waals surface area contributed by atoms with E-state index in [1.54, 1.807) is 6.07 Å². The van der Waals surface area contributed by atoms with E-state index < -0.39 is 34.2 Å². The summed E-state index contributed by atoms with van der Waals surface area (Å²) in [4.78, 5) is 12.7. The zero-order valence-electron chi connectivity index (χ0n) is 16.7. The third-order valence-electron chi connectivity index (χ3n) is 6.16. The van der Waals surface area contributed by atoms with Crippen LogP contribution in [0.1, 0.15) is 31.2 Å². The van der Waals surface area contributed by atoms with Crippen molar-refractivity contribution in [2.75, 3.05) is 10.8 Å². The van der Waals surface area contributed by atoms with E-state index in [2.05, 4.69) is 5.32 Å². The summed E-state index contributed by atoms with van der Waals surface area (Å²) in [6, 6.07) is 11.4. The molecule has 0 unspecified atom stereocenters. The molecular weight excluding hydrogens is 429 g/mol. The summed E-state index contributed by atoms with van der Waals surface area (Å²) in [5.74, 6) is 0.457. The maximum Gasteiger partial charge on any atom is 0.416 e. The Hall–Kier alpha value is -2.55. The van der Waals surface area contributed by atoms with E-state index in [4.69, 9.17) is 0 Å². The van der Waals surface area contributed by atoms with Crippen molar-refractivity contribution >= 4 is 21.6 Å². The second kappa shape index (κ2) is 8.18. The largest absolute Gasteiger partial charge is 0.416 e. The van der Waals surface area contributed by atoms with Crippen LogP contribution in [0.15, 0.2) is 59.5 Å². The lowest BCUT2D eigenvalue weighted by Crippen LogP contribution is -2.46. The molecule has 1 amide bonds. The molecule has 31 heavy (non-hydrogen) atoms. The first-order valence-corrected chi connectivity index (χ1v) is 11.6. The first-order valence-electron chi connectivity index (χ1n) is 10.2. The predicted octanol–water partition coefficient (Wildman–Crippen LogP) is 4.21. The molecule has 1 N–H and O–H groups in total. The highest BCUT2D eigenvalue weighted by molar-refractivity contribution is 7.92. The van der Waals surface area contributed by atoms with Crippen LogP contribution >= 0.6 is 0 Å². The van der Waals surface area contributed by atoms with Crippen LogP contribution in [0.5, 0.6) is 0 Å². The molecule has 4 rings (SSSR count). The van der Waals surface area contributed by atoms with Gasteiger partial charge in [0.2, 0.25) is 5.91 Å². The monoisotopic (exact) mass is 452 g/mol. The average molecular weight is 452 g/mol. The van der Waals surface area contributed by atoms with E-state index in [9.17, 15) is 26.4 Å². The maximum atomic E-state index is 13.3. The molecule has 0 spiro atoms. The summed E-state index contributed by atoms with van der Waals surface area (Å²) in [6.45, 7) is -0.591. The van der Waals surface area contributed by atoms with Crippen molar-refractivity contribution in [2.24, 2.45) is 11.8 Å². The highest BCUT2D eigenvalue weighted by atomic mass is 32.2. The van der Waals surface area contributed by atoms with Crippen molar-refractivity contribution < 1.29 is 26.4 Å². The third kappa shape index (κ3) is 4.56. The molecular formula is C22H23F3N2O3S. The Labute approximate surface area is 179 Å². The molecule has 2 fully saturated rings. The quantitative estimate of drug-likeness (QED) is 0.714. The Bertz CT molecular complexity index is 1060. The van der Waals surface area contributed by atoms with Crippen LogP contribution in [0, 0.1) is 11.8 Å². The molecule has 0 aliphatic heterocycles. The van der Waals surface area contributed by atoms with Crippen LogP contribution in [-0.2, 0) is 21.0 Å². The second-order valence-electron chi connectivity index (χ2n) is 8.22. The van der Waals surface area contributed by atoms with Crippen molar-refractivity contribution in [1.82, 2.24) is 5.32 Å². The number of hydrogen-bond acceptors (Lipinski definition) is 3. The smallest absolute Gasteiger partial charge is 0.352 e. The Morgan fingerprint density at radius 3 is 2.39 bits per heavy atom. The first-order chi connectivity index (χ1) is 14.6. The van der Waals surface area contributed by atoms with Crippen LogP contribution < -0.4 is 9.62 Å². The van der Waals surface area contributed by atoms with Gasteiger partial charge < -0.3 is 5.32 Å². The molecule has 9 heteroatoms. The van der Waals surface area contributed by atoms with E-state index in [1.165, 1.54) is 30.3 Å². The maximum absolute atomic E-state index is 13.3. The molecule has 2 aromatic rings. The zero-order chi connectivity index (χ0) is 22.2. The minimum atomic E-state index is -4.64. The number of benzene rings is 2. The van der Waals surface area contributed by atoms with E-state index in [0.717, 1.165) is 48.2 Å². The predicted molar refractivity (Wildman–Crippen MR) is 110 cm³/mol. The van der Waals surface area contributed by atoms with Gasteiger partial charge in [0.25, 0.3) is 10.0 Å². The van der Waals surface area contributed by atoms with Crippen LogP contribution in [-0.4, -0.2) is 26.9 Å². The van der Waals surface area contributed by atoms with Crippen molar-refractivity contribution in [2.45, 2.75) is 42.8 Å². The third-order valence-corrected chi connectivity index (χ3v) is 7.95. The molecule has 0 radical (unpaired) electrons. The number of halogens is 3. The molecule has 166 valence electrons. The Kier molecular flexibility index (Phi) is 5.72. The van der Waals surface area contributed by atoms with Gasteiger partial charge in [-0.15, -0.1) is 0 Å². The summed E-state index contributed by atoms with van der Waals surface area (Å²) >= 11 is 0. The van der Waals surface area contributed by atoms with E-state index in [1.807, 2.05) is 0 Å². The summed E-state index contributed by atoms with van der Waals surface area (Å²) in [6.07, 6.45) is -0.523. The Morgan fingerprint density at radius 1 is 1.03 bits per heavy atom. The van der Waals surface area contributed by atoms with Crippen LogP contribution in [0.4, 0.5) is 18.9 Å². The SMILES string of the molecule is O=C(CN(c1cccc(C(F)(F)F)c1)S(=O)(=O)c1ccccc1)N[C@@H]1C[C@@H]2CC[C@@H]1C2. The minimum absolute atomic E-state index is 0.00552. The molecule has 2 aromatic carbocycles. The number of nitrogens with zero attached hydrogens (tertiary/aromatic N) is 1. The van der Waals surface area contributed by atoms with E-state index in [0.29, 0.717) is 11.8 Å². The fraction of sp³-hybridized carbons (Fsp3) is 0.409. The van der Waals surface area contributed by atoms with E-state index in [-0.39, 0.29) is 16.6 Å². The number of hydrogen-bond donors (Lipinski definition) is 1. The van der Waals surface area contributed by atoms with Crippen LogP contribution in [0.2, 0.25) is 0 Å². The van der Waals surface area contributed by atoms with Gasteiger partial charge >= 0.3 is 6.18 Å². The lowest BCUT2D eigenvalue weighted by molar-refractivity contribution is -0.137. The van der Waals surface area contributed by atoms with Gasteiger partial charge in [-0.25, -0.2) is 8.42 Å². The summed E-state index contributed by atoms with van der Waals surface area (Å²) in [7, 11) is -4.25. The number of anilines is 1. The lowest BCUT2D eigenvalue weighted by atomic mass is 9.95. The molecule has 0 aromatic heterocycles. The number of carbonyl (C=O) groups is 1. The Balaban J connectivity index is 1.64. The molecule has 2 aliphatic carbocycles. The van der Waals surface area contributed by atoms with Gasteiger partial charge in [-0.3, -0.25) is 9.10 Å². The Morgan fingerprint density at radius 2 is 1.77 bits per heavy atom. The van der Waals surface area contributed by atoms with Gasteiger partial charge in [-0.1, -0.05) is 30.7 Å². The number of nitrogens with one attached hydrogen (secondary N) is 1. The summed E-state index contributed by atoms with van der Waals surface area (Å²) in [5, 5.41) is 2.91. The fourth-order valence-electron chi connectivity index (χ4n) is 4.68. The van der Waals surface area contributed by atoms with E-state index >= 15 is 0 Å². The fourth-order valence-corrected chi connectivity index (χ4v) is 6.11. The summed E-state index contributed by atoms with van der Waals surface area (Å²) in [5.41, 5.74) is -1.19. The lowest BCUT2D eigenvalue weighted by Gasteiger charge is -2.27. The van der Waals surface area contributed by atoms with Gasteiger partial charge in [0.05, 0.1) is 16.1 Å². The molecule has 0 heterocycles. The first kappa shape index (κ1) is 21.7. The number of sulfonamides is 1. The minimum Gasteiger partial charge on any atom is -0.352 e. The van der Waals surface area contributed by atoms with Crippen molar-refractivity contribution in [1.29, 1.82) is 0 Å². The van der Waals surface area contributed by atoms with Gasteiger partial charge in [-0.05, 0) is 61.4 Å². The van der Waals surface area contributed by atoms with Crippen LogP contribution in [0.25, 0.3) is 0 Å². The zero-order valence-corrected chi connectivity index (χ0v) is 17.5. The highest BCUT2D eigenvalue weighted by Gasteiger charge is 2.40. The second-order valence-corrected chi connectivity index (χ2v) is 10.1.